The van der Waals surface area contributed by atoms with Gasteiger partial charge in [-0.2, -0.15) is 4.31 Å². The number of para-hydroxylation sites is 3. The lowest BCUT2D eigenvalue weighted by molar-refractivity contribution is -0.120. The standard InChI is InChI=1S/C23H25N3O5S/c1-16-22(17(2)31-25-16)32(28,29)26-14-8-9-18(15-26)23(27)24-20-12-6-7-13-21(20)30-19-10-4-3-5-11-19/h3-7,10-13,18H,8-9,14-15H2,1-2H3,(H,24,27). The number of nitrogens with zero attached hydrogens (tertiary/aromatic N) is 2. The number of hydrogen-bond acceptors (Lipinski definition) is 6. The van der Waals surface area contributed by atoms with Crippen LogP contribution in [0.2, 0.25) is 0 Å². The molecule has 3 aromatic rings. The van der Waals surface area contributed by atoms with Gasteiger partial charge in [-0.05, 0) is 51.0 Å². The number of piperidine rings is 1. The zero-order chi connectivity index (χ0) is 22.7. The van der Waals surface area contributed by atoms with E-state index in [-0.39, 0.29) is 23.1 Å². The normalized spacial score (nSPS) is 17.1. The van der Waals surface area contributed by atoms with E-state index in [1.54, 1.807) is 26.0 Å². The Bertz CT molecular complexity index is 1190. The Morgan fingerprint density at radius 1 is 1.12 bits per heavy atom. The maximum atomic E-state index is 13.1. The second kappa shape index (κ2) is 9.13. The number of carbonyl (C=O) groups excluding carboxylic acids is 1. The third-order valence-corrected chi connectivity index (χ3v) is 7.55. The summed E-state index contributed by atoms with van der Waals surface area (Å²) in [5.74, 6) is 0.698. The minimum atomic E-state index is -3.80. The number of aromatic nitrogens is 1. The summed E-state index contributed by atoms with van der Waals surface area (Å²) in [5.41, 5.74) is 0.855. The van der Waals surface area contributed by atoms with E-state index in [0.29, 0.717) is 42.3 Å². The van der Waals surface area contributed by atoms with Gasteiger partial charge in [0.05, 0.1) is 11.6 Å². The highest BCUT2D eigenvalue weighted by Crippen LogP contribution is 2.31. The number of nitrogens with one attached hydrogen (secondary N) is 1. The third kappa shape index (κ3) is 4.53. The summed E-state index contributed by atoms with van der Waals surface area (Å²) >= 11 is 0. The van der Waals surface area contributed by atoms with Crippen LogP contribution < -0.4 is 10.1 Å². The molecule has 2 aromatic carbocycles. The number of carbonyl (C=O) groups is 1. The predicted octanol–water partition coefficient (Wildman–Crippen LogP) is 4.12. The van der Waals surface area contributed by atoms with Gasteiger partial charge in [0.2, 0.25) is 15.9 Å². The molecule has 0 radical (unpaired) electrons. The maximum Gasteiger partial charge on any atom is 0.248 e. The molecule has 1 fully saturated rings. The molecule has 0 aliphatic carbocycles. The second-order valence-electron chi connectivity index (χ2n) is 7.76. The number of sulfonamides is 1. The fourth-order valence-corrected chi connectivity index (χ4v) is 5.67. The van der Waals surface area contributed by atoms with Gasteiger partial charge >= 0.3 is 0 Å². The molecule has 9 heteroatoms. The van der Waals surface area contributed by atoms with Crippen molar-refractivity contribution in [1.29, 1.82) is 0 Å². The van der Waals surface area contributed by atoms with Crippen molar-refractivity contribution < 1.29 is 22.5 Å². The molecule has 1 aliphatic heterocycles. The Balaban J connectivity index is 1.49. The van der Waals surface area contributed by atoms with E-state index in [2.05, 4.69) is 10.5 Å². The first-order chi connectivity index (χ1) is 15.4. The van der Waals surface area contributed by atoms with Gasteiger partial charge in [0.25, 0.3) is 0 Å². The van der Waals surface area contributed by atoms with E-state index in [9.17, 15) is 13.2 Å². The number of rotatable bonds is 6. The number of hydrogen-bond donors (Lipinski definition) is 1. The Labute approximate surface area is 187 Å². The summed E-state index contributed by atoms with van der Waals surface area (Å²) in [5, 5.41) is 6.67. The summed E-state index contributed by atoms with van der Waals surface area (Å²) in [6.07, 6.45) is 1.18. The Morgan fingerprint density at radius 3 is 2.56 bits per heavy atom. The maximum absolute atomic E-state index is 13.1. The van der Waals surface area contributed by atoms with Gasteiger partial charge in [0, 0.05) is 13.1 Å². The molecule has 8 nitrogen and oxygen atoms in total. The van der Waals surface area contributed by atoms with Gasteiger partial charge in [-0.3, -0.25) is 4.79 Å². The molecule has 1 unspecified atom stereocenters. The molecule has 1 amide bonds. The quantitative estimate of drug-likeness (QED) is 0.600. The van der Waals surface area contributed by atoms with Crippen LogP contribution >= 0.6 is 0 Å². The van der Waals surface area contributed by atoms with Crippen molar-refractivity contribution in [3.8, 4) is 11.5 Å². The van der Waals surface area contributed by atoms with Crippen LogP contribution in [0.3, 0.4) is 0 Å². The van der Waals surface area contributed by atoms with Crippen molar-refractivity contribution in [2.45, 2.75) is 31.6 Å². The summed E-state index contributed by atoms with van der Waals surface area (Å²) in [6.45, 7) is 3.62. The third-order valence-electron chi connectivity index (χ3n) is 5.44. The topological polar surface area (TPSA) is 102 Å². The van der Waals surface area contributed by atoms with Crippen molar-refractivity contribution in [1.82, 2.24) is 9.46 Å². The molecular weight excluding hydrogens is 430 g/mol. The lowest BCUT2D eigenvalue weighted by Crippen LogP contribution is -2.43. The molecule has 1 saturated heterocycles. The van der Waals surface area contributed by atoms with Crippen LogP contribution in [0.25, 0.3) is 0 Å². The molecule has 168 valence electrons. The van der Waals surface area contributed by atoms with E-state index in [1.165, 1.54) is 4.31 Å². The van der Waals surface area contributed by atoms with Gasteiger partial charge < -0.3 is 14.6 Å². The van der Waals surface area contributed by atoms with E-state index in [1.807, 2.05) is 42.5 Å². The van der Waals surface area contributed by atoms with Crippen molar-refractivity contribution in [2.75, 3.05) is 18.4 Å². The Morgan fingerprint density at radius 2 is 1.84 bits per heavy atom. The summed E-state index contributed by atoms with van der Waals surface area (Å²) in [4.78, 5) is 13.1. The van der Waals surface area contributed by atoms with Crippen LogP contribution in [0.4, 0.5) is 5.69 Å². The number of benzene rings is 2. The van der Waals surface area contributed by atoms with Crippen LogP contribution in [0, 0.1) is 19.8 Å². The van der Waals surface area contributed by atoms with Gasteiger partial charge in [0.1, 0.15) is 16.3 Å². The monoisotopic (exact) mass is 455 g/mol. The molecule has 0 bridgehead atoms. The first kappa shape index (κ1) is 22.0. The summed E-state index contributed by atoms with van der Waals surface area (Å²) in [7, 11) is -3.80. The summed E-state index contributed by atoms with van der Waals surface area (Å²) in [6, 6.07) is 16.5. The number of ether oxygens (including phenoxy) is 1. The SMILES string of the molecule is Cc1noc(C)c1S(=O)(=O)N1CCCC(C(=O)Nc2ccccc2Oc2ccccc2)C1. The lowest BCUT2D eigenvalue weighted by atomic mass is 9.98. The molecule has 4 rings (SSSR count). The zero-order valence-electron chi connectivity index (χ0n) is 17.9. The van der Waals surface area contributed by atoms with Crippen molar-refractivity contribution >= 4 is 21.6 Å². The summed E-state index contributed by atoms with van der Waals surface area (Å²) < 4.78 is 38.6. The van der Waals surface area contributed by atoms with Crippen LogP contribution in [0.15, 0.2) is 64.0 Å². The molecule has 0 spiro atoms. The molecule has 1 N–H and O–H groups in total. The Hall–Kier alpha value is -3.17. The Kier molecular flexibility index (Phi) is 6.29. The molecule has 1 aromatic heterocycles. The highest BCUT2D eigenvalue weighted by Gasteiger charge is 2.36. The first-order valence-corrected chi connectivity index (χ1v) is 11.9. The van der Waals surface area contributed by atoms with Gasteiger partial charge in [-0.25, -0.2) is 8.42 Å². The molecule has 1 atom stereocenters. The van der Waals surface area contributed by atoms with E-state index in [4.69, 9.17) is 9.26 Å². The number of anilines is 1. The van der Waals surface area contributed by atoms with Gasteiger partial charge in [-0.15, -0.1) is 0 Å². The van der Waals surface area contributed by atoms with Crippen LogP contribution in [0.5, 0.6) is 11.5 Å². The van der Waals surface area contributed by atoms with Gasteiger partial charge in [0.15, 0.2) is 11.5 Å². The fraction of sp³-hybridized carbons (Fsp3) is 0.304. The largest absolute Gasteiger partial charge is 0.455 e. The second-order valence-corrected chi connectivity index (χ2v) is 9.63. The van der Waals surface area contributed by atoms with Crippen LogP contribution in [0.1, 0.15) is 24.3 Å². The molecule has 1 aliphatic rings. The highest BCUT2D eigenvalue weighted by molar-refractivity contribution is 7.89. The zero-order valence-corrected chi connectivity index (χ0v) is 18.8. The van der Waals surface area contributed by atoms with E-state index < -0.39 is 15.9 Å². The molecule has 0 saturated carbocycles. The van der Waals surface area contributed by atoms with Crippen LogP contribution in [-0.2, 0) is 14.8 Å². The fourth-order valence-electron chi connectivity index (χ4n) is 3.86. The minimum absolute atomic E-state index is 0.0835. The number of aryl methyl sites for hydroxylation is 2. The van der Waals surface area contributed by atoms with Crippen molar-refractivity contribution in [2.24, 2.45) is 5.92 Å². The molecule has 32 heavy (non-hydrogen) atoms. The van der Waals surface area contributed by atoms with Crippen molar-refractivity contribution in [3.05, 3.63) is 66.1 Å². The molecular formula is C23H25N3O5S. The first-order valence-electron chi connectivity index (χ1n) is 10.4. The smallest absolute Gasteiger partial charge is 0.248 e. The molecule has 2 heterocycles. The van der Waals surface area contributed by atoms with E-state index in [0.717, 1.165) is 0 Å². The highest BCUT2D eigenvalue weighted by atomic mass is 32.2. The van der Waals surface area contributed by atoms with Gasteiger partial charge in [-0.1, -0.05) is 35.5 Å². The van der Waals surface area contributed by atoms with Crippen molar-refractivity contribution in [3.63, 3.8) is 0 Å². The minimum Gasteiger partial charge on any atom is -0.455 e. The number of amides is 1. The van der Waals surface area contributed by atoms with Crippen LogP contribution in [-0.4, -0.2) is 36.9 Å². The lowest BCUT2D eigenvalue weighted by Gasteiger charge is -2.31. The average molecular weight is 456 g/mol. The predicted molar refractivity (Wildman–Crippen MR) is 119 cm³/mol. The van der Waals surface area contributed by atoms with E-state index >= 15 is 0 Å². The average Bonchev–Trinajstić information content (AvgIpc) is 3.14.